The van der Waals surface area contributed by atoms with E-state index in [1.54, 1.807) is 0 Å². The minimum Gasteiger partial charge on any atom is -0.0616 e. The van der Waals surface area contributed by atoms with Crippen LogP contribution in [0.2, 0.25) is 0 Å². The highest BCUT2D eigenvalue weighted by atomic mass is 14.3. The van der Waals surface area contributed by atoms with E-state index in [0.29, 0.717) is 0 Å². The van der Waals surface area contributed by atoms with E-state index in [1.165, 1.54) is 60.1 Å². The number of benzene rings is 6. The Morgan fingerprint density at radius 1 is 0.441 bits per heavy atom. The Labute approximate surface area is 201 Å². The molecule has 0 unspecified atom stereocenters. The van der Waals surface area contributed by atoms with Crippen LogP contribution in [0.15, 0.2) is 115 Å². The van der Waals surface area contributed by atoms with E-state index in [4.69, 9.17) is 0 Å². The minimum absolute atomic E-state index is 0.0358. The summed E-state index contributed by atoms with van der Waals surface area (Å²) in [7, 11) is 0. The molecule has 0 heterocycles. The van der Waals surface area contributed by atoms with Crippen molar-refractivity contribution in [3.8, 4) is 22.3 Å². The van der Waals surface area contributed by atoms with Crippen LogP contribution in [0, 0.1) is 0 Å². The maximum Gasteiger partial charge on any atom is -0.00675 e. The SMILES string of the molecule is CC(C)(C)c1ccc2c(-c3ccc4ccccc4c3)cccc2c1-c1ccc2ccccc2c1. The van der Waals surface area contributed by atoms with Gasteiger partial charge in [-0.2, -0.15) is 0 Å². The van der Waals surface area contributed by atoms with E-state index in [1.807, 2.05) is 0 Å². The van der Waals surface area contributed by atoms with E-state index >= 15 is 0 Å². The Kier molecular flexibility index (Phi) is 4.78. The normalized spacial score (nSPS) is 12.0. The van der Waals surface area contributed by atoms with Gasteiger partial charge in [-0.15, -0.1) is 0 Å². The molecule has 0 aromatic heterocycles. The summed E-state index contributed by atoms with van der Waals surface area (Å²) in [5.74, 6) is 0. The summed E-state index contributed by atoms with van der Waals surface area (Å²) >= 11 is 0. The second-order valence-electron chi connectivity index (χ2n) is 10.3. The summed E-state index contributed by atoms with van der Waals surface area (Å²) in [5.41, 5.74) is 6.59. The molecule has 0 aliphatic heterocycles. The minimum atomic E-state index is 0.0358. The average molecular weight is 437 g/mol. The molecule has 34 heavy (non-hydrogen) atoms. The zero-order chi connectivity index (χ0) is 23.3. The van der Waals surface area contributed by atoms with Crippen molar-refractivity contribution < 1.29 is 0 Å². The van der Waals surface area contributed by atoms with Gasteiger partial charge in [0.15, 0.2) is 0 Å². The van der Waals surface area contributed by atoms with Gasteiger partial charge in [-0.25, -0.2) is 0 Å². The molecule has 0 saturated carbocycles. The maximum absolute atomic E-state index is 2.35. The Morgan fingerprint density at radius 2 is 1.03 bits per heavy atom. The van der Waals surface area contributed by atoms with E-state index in [0.717, 1.165) is 0 Å². The van der Waals surface area contributed by atoms with Gasteiger partial charge < -0.3 is 0 Å². The third-order valence-corrected chi connectivity index (χ3v) is 6.97. The number of rotatable bonds is 2. The monoisotopic (exact) mass is 436 g/mol. The molecular formula is C34H28. The molecule has 0 radical (unpaired) electrons. The lowest BCUT2D eigenvalue weighted by molar-refractivity contribution is 0.593. The molecule has 0 N–H and O–H groups in total. The fourth-order valence-electron chi connectivity index (χ4n) is 5.25. The summed E-state index contributed by atoms with van der Waals surface area (Å²) < 4.78 is 0. The van der Waals surface area contributed by atoms with Crippen LogP contribution in [0.5, 0.6) is 0 Å². The Hall–Kier alpha value is -3.90. The van der Waals surface area contributed by atoms with Gasteiger partial charge in [0.2, 0.25) is 0 Å². The summed E-state index contributed by atoms with van der Waals surface area (Å²) in [6, 6.07) is 42.3. The maximum atomic E-state index is 2.35. The molecule has 0 atom stereocenters. The molecule has 0 aliphatic rings. The fraction of sp³-hybridized carbons (Fsp3) is 0.118. The van der Waals surface area contributed by atoms with E-state index in [2.05, 4.69) is 136 Å². The van der Waals surface area contributed by atoms with Crippen molar-refractivity contribution in [1.29, 1.82) is 0 Å². The topological polar surface area (TPSA) is 0 Å². The number of hydrogen-bond acceptors (Lipinski definition) is 0. The largest absolute Gasteiger partial charge is 0.0616 e. The van der Waals surface area contributed by atoms with Gasteiger partial charge in [0.05, 0.1) is 0 Å². The highest BCUT2D eigenvalue weighted by Gasteiger charge is 2.22. The lowest BCUT2D eigenvalue weighted by Gasteiger charge is -2.25. The van der Waals surface area contributed by atoms with Crippen molar-refractivity contribution in [1.82, 2.24) is 0 Å². The molecule has 0 amide bonds. The van der Waals surface area contributed by atoms with Crippen molar-refractivity contribution in [3.63, 3.8) is 0 Å². The Morgan fingerprint density at radius 3 is 1.68 bits per heavy atom. The zero-order valence-corrected chi connectivity index (χ0v) is 20.0. The first-order chi connectivity index (χ1) is 16.5. The summed E-state index contributed by atoms with van der Waals surface area (Å²) in [5, 5.41) is 7.72. The molecule has 6 rings (SSSR count). The molecule has 0 heteroatoms. The van der Waals surface area contributed by atoms with Crippen LogP contribution >= 0.6 is 0 Å². The standard InChI is InChI=1S/C34H28/c1-34(2,3)32-20-19-30-29(27-17-15-23-9-4-6-11-25(23)21-27)13-8-14-31(30)33(32)28-18-16-24-10-5-7-12-26(24)22-28/h4-22H,1-3H3. The predicted octanol–water partition coefficient (Wildman–Crippen LogP) is 9.78. The van der Waals surface area contributed by atoms with Crippen LogP contribution in [0.25, 0.3) is 54.6 Å². The van der Waals surface area contributed by atoms with Crippen molar-refractivity contribution in [2.24, 2.45) is 0 Å². The van der Waals surface area contributed by atoms with Gasteiger partial charge in [-0.3, -0.25) is 0 Å². The smallest absolute Gasteiger partial charge is 0.00675 e. The second-order valence-corrected chi connectivity index (χ2v) is 10.3. The molecule has 0 fully saturated rings. The summed E-state index contributed by atoms with van der Waals surface area (Å²) in [6.07, 6.45) is 0. The first kappa shape index (κ1) is 20.7. The third-order valence-electron chi connectivity index (χ3n) is 6.97. The van der Waals surface area contributed by atoms with Gasteiger partial charge in [-0.1, -0.05) is 124 Å². The Bertz CT molecular complexity index is 1680. The fourth-order valence-corrected chi connectivity index (χ4v) is 5.25. The highest BCUT2D eigenvalue weighted by Crippen LogP contribution is 2.42. The molecule has 6 aromatic carbocycles. The van der Waals surface area contributed by atoms with Crippen LogP contribution in [-0.4, -0.2) is 0 Å². The average Bonchev–Trinajstić information content (AvgIpc) is 2.86. The van der Waals surface area contributed by atoms with Crippen molar-refractivity contribution in [2.45, 2.75) is 26.2 Å². The molecular weight excluding hydrogens is 408 g/mol. The molecule has 164 valence electrons. The molecule has 0 aliphatic carbocycles. The lowest BCUT2D eigenvalue weighted by atomic mass is 9.78. The van der Waals surface area contributed by atoms with Gasteiger partial charge in [-0.05, 0) is 77.7 Å². The van der Waals surface area contributed by atoms with Crippen molar-refractivity contribution in [2.75, 3.05) is 0 Å². The van der Waals surface area contributed by atoms with Gasteiger partial charge in [0.25, 0.3) is 0 Å². The first-order valence-corrected chi connectivity index (χ1v) is 12.0. The van der Waals surface area contributed by atoms with Crippen LogP contribution in [0.1, 0.15) is 26.3 Å². The number of fused-ring (bicyclic) bond motifs is 3. The van der Waals surface area contributed by atoms with Crippen LogP contribution in [0.4, 0.5) is 0 Å². The van der Waals surface area contributed by atoms with E-state index < -0.39 is 0 Å². The predicted molar refractivity (Wildman–Crippen MR) is 149 cm³/mol. The van der Waals surface area contributed by atoms with Gasteiger partial charge in [0, 0.05) is 0 Å². The summed E-state index contributed by atoms with van der Waals surface area (Å²) in [4.78, 5) is 0. The van der Waals surface area contributed by atoms with Crippen molar-refractivity contribution >= 4 is 32.3 Å². The highest BCUT2D eigenvalue weighted by molar-refractivity contribution is 6.07. The molecule has 0 spiro atoms. The Balaban J connectivity index is 1.65. The van der Waals surface area contributed by atoms with E-state index in [-0.39, 0.29) is 5.41 Å². The molecule has 0 bridgehead atoms. The van der Waals surface area contributed by atoms with Crippen LogP contribution in [0.3, 0.4) is 0 Å². The quantitative estimate of drug-likeness (QED) is 0.253. The molecule has 6 aromatic rings. The van der Waals surface area contributed by atoms with Gasteiger partial charge in [0.1, 0.15) is 0 Å². The van der Waals surface area contributed by atoms with Gasteiger partial charge >= 0.3 is 0 Å². The van der Waals surface area contributed by atoms with Crippen LogP contribution in [-0.2, 0) is 5.41 Å². The zero-order valence-electron chi connectivity index (χ0n) is 20.0. The second kappa shape index (κ2) is 7.85. The van der Waals surface area contributed by atoms with Crippen LogP contribution < -0.4 is 0 Å². The number of hydrogen-bond donors (Lipinski definition) is 0. The molecule has 0 nitrogen and oxygen atoms in total. The lowest BCUT2D eigenvalue weighted by Crippen LogP contribution is -2.13. The van der Waals surface area contributed by atoms with Crippen molar-refractivity contribution in [3.05, 3.63) is 121 Å². The third kappa shape index (κ3) is 3.47. The molecule has 0 saturated heterocycles. The summed E-state index contributed by atoms with van der Waals surface area (Å²) in [6.45, 7) is 6.93. The first-order valence-electron chi connectivity index (χ1n) is 12.0. The van der Waals surface area contributed by atoms with E-state index in [9.17, 15) is 0 Å².